The Labute approximate surface area is 150 Å². The Hall–Kier alpha value is -0.314. The fraction of sp³-hybridized carbons (Fsp3) is 0.875. The van der Waals surface area contributed by atoms with Gasteiger partial charge in [0.1, 0.15) is 0 Å². The van der Waals surface area contributed by atoms with Crippen LogP contribution in [0.25, 0.3) is 11.5 Å². The monoisotopic (exact) mass is 373 g/mol. The van der Waals surface area contributed by atoms with Gasteiger partial charge in [-0.1, -0.05) is 38.5 Å². The van der Waals surface area contributed by atoms with Crippen molar-refractivity contribution in [3.8, 4) is 0 Å². The van der Waals surface area contributed by atoms with Gasteiger partial charge < -0.3 is 31.3 Å². The van der Waals surface area contributed by atoms with Crippen LogP contribution in [-0.2, 0) is 26.4 Å². The van der Waals surface area contributed by atoms with E-state index in [1.807, 2.05) is 0 Å². The number of rotatable bonds is 2. The van der Waals surface area contributed by atoms with Crippen LogP contribution in [0.2, 0.25) is 0 Å². The summed E-state index contributed by atoms with van der Waals surface area (Å²) in [4.78, 5) is 15.5. The largest absolute Gasteiger partial charge is 0.674 e. The molecule has 0 aromatic rings. The van der Waals surface area contributed by atoms with E-state index < -0.39 is 0 Å². The first-order valence-electron chi connectivity index (χ1n) is 7.80. The van der Waals surface area contributed by atoms with Crippen LogP contribution in [0, 0.1) is 11.8 Å². The minimum atomic E-state index is 0. The van der Waals surface area contributed by atoms with Crippen LogP contribution in [0.1, 0.15) is 51.4 Å². The zero-order chi connectivity index (χ0) is 17.4. The van der Waals surface area contributed by atoms with Crippen molar-refractivity contribution in [3.05, 3.63) is 11.5 Å². The first kappa shape index (κ1) is 27.5. The van der Waals surface area contributed by atoms with E-state index in [0.29, 0.717) is 0 Å². The molecule has 2 aliphatic carbocycles. The van der Waals surface area contributed by atoms with Crippen molar-refractivity contribution in [1.29, 1.82) is 0 Å². The van der Waals surface area contributed by atoms with Gasteiger partial charge in [0.2, 0.25) is 0 Å². The Bertz CT molecular complexity index is 226. The van der Waals surface area contributed by atoms with Gasteiger partial charge in [0.15, 0.2) is 0 Å². The van der Waals surface area contributed by atoms with Gasteiger partial charge in [0, 0.05) is 30.0 Å². The van der Waals surface area contributed by atoms with Crippen LogP contribution in [0.5, 0.6) is 0 Å². The van der Waals surface area contributed by atoms with Crippen molar-refractivity contribution in [2.45, 2.75) is 63.5 Å². The molecular weight excluding hydrogens is 343 g/mol. The fourth-order valence-electron chi connectivity index (χ4n) is 2.85. The van der Waals surface area contributed by atoms with Crippen molar-refractivity contribution < 1.29 is 36.6 Å². The molecule has 4 N–H and O–H groups in total. The molecule has 0 heterocycles. The molecule has 0 aromatic carbocycles. The number of hydrogen-bond donors (Lipinski definition) is 2. The zero-order valence-electron chi connectivity index (χ0n) is 13.6. The normalized spacial score (nSPS) is 29.0. The molecule has 0 saturated heterocycles. The quantitative estimate of drug-likeness (QED) is 0.570. The Balaban J connectivity index is -0.000000276. The molecule has 23 heavy (non-hydrogen) atoms. The van der Waals surface area contributed by atoms with Crippen LogP contribution in [0.3, 0.4) is 0 Å². The van der Waals surface area contributed by atoms with Gasteiger partial charge in [-0.25, -0.2) is 0 Å². The van der Waals surface area contributed by atoms with Gasteiger partial charge in [-0.3, -0.25) is 13.6 Å². The summed E-state index contributed by atoms with van der Waals surface area (Å²) < 4.78 is 0. The van der Waals surface area contributed by atoms with Gasteiger partial charge in [0.25, 0.3) is 0 Å². The fourth-order valence-corrected chi connectivity index (χ4v) is 2.85. The van der Waals surface area contributed by atoms with Crippen LogP contribution in [0.15, 0.2) is 0 Å². The van der Waals surface area contributed by atoms with Crippen LogP contribution >= 0.6 is 0 Å². The second-order valence-electron chi connectivity index (χ2n) is 5.67. The van der Waals surface area contributed by atoms with Crippen molar-refractivity contribution in [1.82, 2.24) is 0 Å². The van der Waals surface area contributed by atoms with Crippen LogP contribution in [-0.4, -0.2) is 49.1 Å². The number of nitrogens with one attached hydrogen (secondary N) is 2. The Morgan fingerprint density at radius 3 is 1.13 bits per heavy atom. The molecule has 2 aliphatic rings. The third-order valence-corrected chi connectivity index (χ3v) is 4.29. The van der Waals surface area contributed by atoms with Crippen molar-refractivity contribution in [2.75, 3.05) is 13.2 Å². The molecule has 6 nitrogen and oxygen atoms in total. The molecule has 4 unspecified atom stereocenters. The first-order valence-corrected chi connectivity index (χ1v) is 7.80. The molecular formula is C16H30CoN2O4-4. The molecule has 0 amide bonds. The van der Waals surface area contributed by atoms with Gasteiger partial charge in [-0.2, -0.15) is 0 Å². The summed E-state index contributed by atoms with van der Waals surface area (Å²) in [6.45, 7) is 6.93. The van der Waals surface area contributed by atoms with Gasteiger partial charge in [0.05, 0.1) is 0 Å². The smallest absolute Gasteiger partial charge is 0.0445 e. The molecule has 0 aliphatic heterocycles. The average Bonchev–Trinajstić information content (AvgIpc) is 2.60. The van der Waals surface area contributed by atoms with Crippen LogP contribution in [0.4, 0.5) is 0 Å². The van der Waals surface area contributed by atoms with Gasteiger partial charge in [-0.15, -0.1) is 12.1 Å². The molecule has 7 heteroatoms. The molecule has 0 aromatic heterocycles. The summed E-state index contributed by atoms with van der Waals surface area (Å²) >= 11 is 0. The number of aliphatic hydroxyl groups excluding tert-OH is 2. The molecule has 2 saturated carbocycles. The summed E-state index contributed by atoms with van der Waals surface area (Å²) in [6, 6.07) is 0.0347. The zero-order valence-corrected chi connectivity index (χ0v) is 14.6. The minimum absolute atomic E-state index is 0. The topological polar surface area (TPSA) is 122 Å². The second-order valence-corrected chi connectivity index (χ2v) is 5.67. The molecule has 4 atom stereocenters. The standard InChI is InChI=1S/2C7H14NO.2CHO.Co/c2*8-7-4-2-1-3-6(7)5-9;2*1-2;/h2*6-9H,1-5H2;2*1H;/q4*-1;. The van der Waals surface area contributed by atoms with E-state index in [-0.39, 0.29) is 53.9 Å². The first-order chi connectivity index (χ1) is 10.7. The van der Waals surface area contributed by atoms with E-state index in [4.69, 9.17) is 31.3 Å². The minimum Gasteiger partial charge on any atom is -0.674 e. The van der Waals surface area contributed by atoms with E-state index in [2.05, 4.69) is 13.6 Å². The Morgan fingerprint density at radius 2 is 0.957 bits per heavy atom. The van der Waals surface area contributed by atoms with Gasteiger partial charge in [-0.05, 0) is 24.7 Å². The number of hydrogen-bond acceptors (Lipinski definition) is 4. The van der Waals surface area contributed by atoms with Crippen LogP contribution < -0.4 is 0 Å². The average molecular weight is 373 g/mol. The molecule has 2 rings (SSSR count). The summed E-state index contributed by atoms with van der Waals surface area (Å²) in [5.41, 5.74) is 14.9. The maximum Gasteiger partial charge on any atom is 0.0445 e. The maximum absolute atomic E-state index is 8.74. The molecule has 0 bridgehead atoms. The second kappa shape index (κ2) is 19.7. The van der Waals surface area contributed by atoms with Crippen molar-refractivity contribution in [3.63, 3.8) is 0 Å². The third kappa shape index (κ3) is 12.7. The van der Waals surface area contributed by atoms with E-state index >= 15 is 0 Å². The SMILES string of the molecule is [CH-]=O.[CH-]=O.[Co].[NH-]C1CCCCC1CO.[NH-]C1CCCCC1CO. The molecule has 2 fully saturated rings. The predicted molar refractivity (Wildman–Crippen MR) is 87.8 cm³/mol. The van der Waals surface area contributed by atoms with Gasteiger partial charge >= 0.3 is 0 Å². The van der Waals surface area contributed by atoms with E-state index in [1.165, 1.54) is 25.7 Å². The summed E-state index contributed by atoms with van der Waals surface area (Å²) in [6.07, 6.45) is 8.89. The maximum atomic E-state index is 8.74. The molecule has 141 valence electrons. The van der Waals surface area contributed by atoms with Crippen molar-refractivity contribution in [2.24, 2.45) is 11.8 Å². The summed E-state index contributed by atoms with van der Waals surface area (Å²) in [5, 5.41) is 17.5. The Kier molecular flexibility index (Phi) is 23.6. The summed E-state index contributed by atoms with van der Waals surface area (Å²) in [7, 11) is 0. The molecule has 1 radical (unpaired) electrons. The molecule has 0 spiro atoms. The van der Waals surface area contributed by atoms with E-state index in [9.17, 15) is 0 Å². The Morgan fingerprint density at radius 1 is 0.696 bits per heavy atom. The predicted octanol–water partition coefficient (Wildman–Crippen LogP) is 2.63. The van der Waals surface area contributed by atoms with Crippen molar-refractivity contribution >= 4 is 13.6 Å². The number of carbonyl (C=O) groups excluding carboxylic acids is 2. The third-order valence-electron chi connectivity index (χ3n) is 4.29. The van der Waals surface area contributed by atoms with E-state index in [0.717, 1.165) is 25.7 Å². The summed E-state index contributed by atoms with van der Waals surface area (Å²) in [5.74, 6) is 0.553. The van der Waals surface area contributed by atoms with E-state index in [1.54, 1.807) is 0 Å². The number of aliphatic hydroxyl groups is 2.